The number of nitrogens with one attached hydrogen (secondary N) is 2. The van der Waals surface area contributed by atoms with Crippen LogP contribution in [0, 0.1) is 6.92 Å². The van der Waals surface area contributed by atoms with Crippen LogP contribution in [0.2, 0.25) is 0 Å². The summed E-state index contributed by atoms with van der Waals surface area (Å²) in [5, 5.41) is 5.14. The second kappa shape index (κ2) is 7.96. The standard InChI is InChI=1S/C15H22N2O5S/c1-10-5-6-14(22-3)13(9-10)17-15(19)12(16-11(2)18)7-8-23(4,20)21/h5-6,9,12H,7-8H2,1-4H3,(H,16,18)(H,17,19)/t12-/m1/s1. The number of carbonyl (C=O) groups is 2. The monoisotopic (exact) mass is 342 g/mol. The molecule has 0 saturated heterocycles. The maximum atomic E-state index is 12.4. The maximum absolute atomic E-state index is 12.4. The molecule has 8 heteroatoms. The van der Waals surface area contributed by atoms with Gasteiger partial charge in [-0.25, -0.2) is 8.42 Å². The number of anilines is 1. The third-order valence-electron chi connectivity index (χ3n) is 3.08. The van der Waals surface area contributed by atoms with Crippen LogP contribution in [0.15, 0.2) is 18.2 Å². The number of carbonyl (C=O) groups excluding carboxylic acids is 2. The van der Waals surface area contributed by atoms with E-state index >= 15 is 0 Å². The second-order valence-electron chi connectivity index (χ2n) is 5.36. The zero-order valence-electron chi connectivity index (χ0n) is 13.7. The van der Waals surface area contributed by atoms with Gasteiger partial charge in [-0.2, -0.15) is 0 Å². The van der Waals surface area contributed by atoms with Crippen LogP contribution in [0.5, 0.6) is 5.75 Å². The summed E-state index contributed by atoms with van der Waals surface area (Å²) in [7, 11) is -1.76. The first-order valence-electron chi connectivity index (χ1n) is 7.02. The Labute approximate surface area is 136 Å². The first-order chi connectivity index (χ1) is 10.6. The third kappa shape index (κ3) is 6.68. The van der Waals surface area contributed by atoms with E-state index in [1.165, 1.54) is 14.0 Å². The van der Waals surface area contributed by atoms with Gasteiger partial charge in [0.2, 0.25) is 11.8 Å². The molecule has 0 unspecified atom stereocenters. The first-order valence-corrected chi connectivity index (χ1v) is 9.09. The van der Waals surface area contributed by atoms with Gasteiger partial charge < -0.3 is 15.4 Å². The number of hydrogen-bond donors (Lipinski definition) is 2. The molecule has 2 N–H and O–H groups in total. The van der Waals surface area contributed by atoms with E-state index in [1.807, 2.05) is 13.0 Å². The van der Waals surface area contributed by atoms with Crippen LogP contribution in [-0.2, 0) is 19.4 Å². The molecule has 128 valence electrons. The highest BCUT2D eigenvalue weighted by Gasteiger charge is 2.22. The normalized spacial score (nSPS) is 12.3. The van der Waals surface area contributed by atoms with Crippen LogP contribution in [-0.4, -0.2) is 45.4 Å². The van der Waals surface area contributed by atoms with Crippen LogP contribution < -0.4 is 15.4 Å². The number of benzene rings is 1. The molecule has 1 rings (SSSR count). The van der Waals surface area contributed by atoms with Crippen molar-refractivity contribution in [3.8, 4) is 5.75 Å². The van der Waals surface area contributed by atoms with Gasteiger partial charge >= 0.3 is 0 Å². The Bertz CT molecular complexity index is 685. The van der Waals surface area contributed by atoms with E-state index in [2.05, 4.69) is 10.6 Å². The van der Waals surface area contributed by atoms with Gasteiger partial charge in [-0.1, -0.05) is 6.07 Å². The fourth-order valence-electron chi connectivity index (χ4n) is 1.99. The van der Waals surface area contributed by atoms with Gasteiger partial charge in [0.15, 0.2) is 0 Å². The van der Waals surface area contributed by atoms with Gasteiger partial charge in [-0.3, -0.25) is 9.59 Å². The largest absolute Gasteiger partial charge is 0.495 e. The summed E-state index contributed by atoms with van der Waals surface area (Å²) >= 11 is 0. The van der Waals surface area contributed by atoms with E-state index in [0.29, 0.717) is 11.4 Å². The Balaban J connectivity index is 2.92. The lowest BCUT2D eigenvalue weighted by molar-refractivity contribution is -0.125. The fraction of sp³-hybridized carbons (Fsp3) is 0.467. The number of sulfone groups is 1. The number of aryl methyl sites for hydroxylation is 1. The van der Waals surface area contributed by atoms with Gasteiger partial charge in [0.25, 0.3) is 0 Å². The number of rotatable bonds is 7. The van der Waals surface area contributed by atoms with Gasteiger partial charge in [0, 0.05) is 13.2 Å². The summed E-state index contributed by atoms with van der Waals surface area (Å²) in [6, 6.07) is 4.35. The van der Waals surface area contributed by atoms with E-state index in [4.69, 9.17) is 4.74 Å². The summed E-state index contributed by atoms with van der Waals surface area (Å²) in [5.41, 5.74) is 1.39. The van der Waals surface area contributed by atoms with E-state index < -0.39 is 27.7 Å². The molecule has 0 radical (unpaired) electrons. The Hall–Kier alpha value is -2.09. The van der Waals surface area contributed by atoms with Crippen molar-refractivity contribution in [1.29, 1.82) is 0 Å². The molecule has 2 amide bonds. The van der Waals surface area contributed by atoms with Crippen LogP contribution in [0.4, 0.5) is 5.69 Å². The molecular formula is C15H22N2O5S. The predicted octanol–water partition coefficient (Wildman–Crippen LogP) is 0.882. The molecule has 1 atom stereocenters. The van der Waals surface area contributed by atoms with Crippen molar-refractivity contribution in [2.75, 3.05) is 24.4 Å². The molecule has 0 bridgehead atoms. The molecule has 0 aliphatic carbocycles. The quantitative estimate of drug-likeness (QED) is 0.766. The molecule has 1 aromatic rings. The number of amides is 2. The van der Waals surface area contributed by atoms with E-state index in [-0.39, 0.29) is 12.2 Å². The minimum absolute atomic E-state index is 0.00161. The summed E-state index contributed by atoms with van der Waals surface area (Å²) in [6.45, 7) is 3.14. The van der Waals surface area contributed by atoms with Crippen molar-refractivity contribution >= 4 is 27.3 Å². The number of methoxy groups -OCH3 is 1. The molecule has 7 nitrogen and oxygen atoms in total. The minimum atomic E-state index is -3.24. The molecule has 1 aromatic carbocycles. The highest BCUT2D eigenvalue weighted by molar-refractivity contribution is 7.90. The molecule has 0 aliphatic rings. The highest BCUT2D eigenvalue weighted by atomic mass is 32.2. The number of ether oxygens (including phenoxy) is 1. The first kappa shape index (κ1) is 19.0. The van der Waals surface area contributed by atoms with Gasteiger partial charge in [-0.05, 0) is 31.0 Å². The molecule has 0 aliphatic heterocycles. The average Bonchev–Trinajstić information content (AvgIpc) is 2.42. The molecule has 0 fully saturated rings. The Kier molecular flexibility index (Phi) is 6.56. The summed E-state index contributed by atoms with van der Waals surface area (Å²) in [6.07, 6.45) is 1.08. The maximum Gasteiger partial charge on any atom is 0.247 e. The summed E-state index contributed by atoms with van der Waals surface area (Å²) < 4.78 is 27.7. The average molecular weight is 342 g/mol. The zero-order chi connectivity index (χ0) is 17.6. The third-order valence-corrected chi connectivity index (χ3v) is 4.06. The van der Waals surface area contributed by atoms with Crippen LogP contribution in [0.25, 0.3) is 0 Å². The Morgan fingerprint density at radius 2 is 1.96 bits per heavy atom. The smallest absolute Gasteiger partial charge is 0.247 e. The molecule has 0 saturated carbocycles. The van der Waals surface area contributed by atoms with Gasteiger partial charge in [0.1, 0.15) is 21.6 Å². The Morgan fingerprint density at radius 1 is 1.30 bits per heavy atom. The van der Waals surface area contributed by atoms with Crippen molar-refractivity contribution in [1.82, 2.24) is 5.32 Å². The van der Waals surface area contributed by atoms with E-state index in [0.717, 1.165) is 11.8 Å². The van der Waals surface area contributed by atoms with E-state index in [9.17, 15) is 18.0 Å². The van der Waals surface area contributed by atoms with Crippen molar-refractivity contribution in [3.63, 3.8) is 0 Å². The minimum Gasteiger partial charge on any atom is -0.495 e. The molecular weight excluding hydrogens is 320 g/mol. The number of hydrogen-bond acceptors (Lipinski definition) is 5. The van der Waals surface area contributed by atoms with E-state index in [1.54, 1.807) is 12.1 Å². The zero-order valence-corrected chi connectivity index (χ0v) is 14.5. The summed E-state index contributed by atoms with van der Waals surface area (Å²) in [5.74, 6) is -0.618. The molecule has 0 heterocycles. The lowest BCUT2D eigenvalue weighted by Crippen LogP contribution is -2.44. The highest BCUT2D eigenvalue weighted by Crippen LogP contribution is 2.25. The second-order valence-corrected chi connectivity index (χ2v) is 7.62. The topological polar surface area (TPSA) is 102 Å². The van der Waals surface area contributed by atoms with Crippen molar-refractivity contribution in [2.45, 2.75) is 26.3 Å². The van der Waals surface area contributed by atoms with Crippen LogP contribution in [0.3, 0.4) is 0 Å². The molecule has 0 spiro atoms. The Morgan fingerprint density at radius 3 is 2.48 bits per heavy atom. The fourth-order valence-corrected chi connectivity index (χ4v) is 2.65. The lowest BCUT2D eigenvalue weighted by Gasteiger charge is -2.18. The van der Waals surface area contributed by atoms with Crippen LogP contribution >= 0.6 is 0 Å². The van der Waals surface area contributed by atoms with Crippen molar-refractivity contribution in [2.24, 2.45) is 0 Å². The molecule has 0 aromatic heterocycles. The van der Waals surface area contributed by atoms with Crippen LogP contribution in [0.1, 0.15) is 18.9 Å². The van der Waals surface area contributed by atoms with Crippen molar-refractivity contribution in [3.05, 3.63) is 23.8 Å². The van der Waals surface area contributed by atoms with Crippen molar-refractivity contribution < 1.29 is 22.7 Å². The lowest BCUT2D eigenvalue weighted by atomic mass is 10.1. The molecule has 23 heavy (non-hydrogen) atoms. The summed E-state index contributed by atoms with van der Waals surface area (Å²) in [4.78, 5) is 23.6. The van der Waals surface area contributed by atoms with Gasteiger partial charge in [0.05, 0.1) is 18.6 Å². The SMILES string of the molecule is COc1ccc(C)cc1NC(=O)[C@@H](CCS(C)(=O)=O)NC(C)=O. The van der Waals surface area contributed by atoms with Gasteiger partial charge in [-0.15, -0.1) is 0 Å². The predicted molar refractivity (Wildman–Crippen MR) is 88.3 cm³/mol.